The number of esters is 1. The first kappa shape index (κ1) is 9.40. The Hall–Kier alpha value is -1.83. The summed E-state index contributed by atoms with van der Waals surface area (Å²) in [5.74, 6) is -0.139. The highest BCUT2D eigenvalue weighted by Crippen LogP contribution is 2.34. The van der Waals surface area contributed by atoms with Crippen molar-refractivity contribution in [3.8, 4) is 0 Å². The van der Waals surface area contributed by atoms with E-state index in [-0.39, 0.29) is 5.97 Å². The van der Waals surface area contributed by atoms with Gasteiger partial charge in [-0.15, -0.1) is 0 Å². The van der Waals surface area contributed by atoms with Crippen molar-refractivity contribution in [2.24, 2.45) is 0 Å². The number of ether oxygens (including phenoxy) is 1. The Morgan fingerprint density at radius 1 is 1.12 bits per heavy atom. The third kappa shape index (κ3) is 1.38. The average molecular weight is 212 g/mol. The molecule has 0 atom stereocenters. The minimum absolute atomic E-state index is 0.139. The first-order chi connectivity index (χ1) is 7.86. The zero-order valence-electron chi connectivity index (χ0n) is 8.90. The number of cyclic esters (lactones) is 1. The molecule has 0 bridgehead atoms. The largest absolute Gasteiger partial charge is 0.462 e. The Morgan fingerprint density at radius 2 is 2.00 bits per heavy atom. The number of hydrogen-bond donors (Lipinski definition) is 0. The maximum atomic E-state index is 11.6. The van der Waals surface area contributed by atoms with Gasteiger partial charge in [0.15, 0.2) is 0 Å². The summed E-state index contributed by atoms with van der Waals surface area (Å²) in [4.78, 5) is 11.6. The number of carbonyl (C=O) groups is 1. The smallest absolute Gasteiger partial charge is 0.334 e. The van der Waals surface area contributed by atoms with Crippen LogP contribution in [0.1, 0.15) is 24.0 Å². The fraction of sp³-hybridized carbons (Fsp3) is 0.214. The lowest BCUT2D eigenvalue weighted by atomic mass is 9.88. The van der Waals surface area contributed by atoms with Crippen LogP contribution < -0.4 is 0 Å². The molecule has 0 spiro atoms. The number of benzene rings is 1. The molecule has 2 aliphatic rings. The van der Waals surface area contributed by atoms with E-state index in [1.807, 2.05) is 12.1 Å². The van der Waals surface area contributed by atoms with Crippen LogP contribution in [-0.2, 0) is 9.53 Å². The van der Waals surface area contributed by atoms with Gasteiger partial charge in [0.25, 0.3) is 0 Å². The molecule has 0 N–H and O–H groups in total. The number of allylic oxidation sites excluding steroid dienone is 2. The van der Waals surface area contributed by atoms with Crippen LogP contribution in [0.4, 0.5) is 0 Å². The summed E-state index contributed by atoms with van der Waals surface area (Å²) in [7, 11) is 0. The van der Waals surface area contributed by atoms with Gasteiger partial charge >= 0.3 is 5.97 Å². The second kappa shape index (κ2) is 3.63. The molecule has 1 aromatic carbocycles. The van der Waals surface area contributed by atoms with Crippen molar-refractivity contribution in [3.63, 3.8) is 0 Å². The van der Waals surface area contributed by atoms with E-state index in [1.54, 1.807) is 0 Å². The topological polar surface area (TPSA) is 26.3 Å². The van der Waals surface area contributed by atoms with E-state index in [9.17, 15) is 4.79 Å². The minimum Gasteiger partial charge on any atom is -0.462 e. The van der Waals surface area contributed by atoms with Crippen molar-refractivity contribution in [3.05, 3.63) is 47.0 Å². The van der Waals surface area contributed by atoms with Crippen molar-refractivity contribution in [2.75, 3.05) is 6.61 Å². The maximum Gasteiger partial charge on any atom is 0.334 e. The molecule has 16 heavy (non-hydrogen) atoms. The molecule has 0 unspecified atom stereocenters. The maximum absolute atomic E-state index is 11.6. The predicted molar refractivity (Wildman–Crippen MR) is 62.6 cm³/mol. The van der Waals surface area contributed by atoms with Gasteiger partial charge in [-0.1, -0.05) is 36.4 Å². The van der Waals surface area contributed by atoms with Crippen LogP contribution in [0.5, 0.6) is 0 Å². The summed E-state index contributed by atoms with van der Waals surface area (Å²) >= 11 is 0. The molecule has 1 aliphatic heterocycles. The van der Waals surface area contributed by atoms with Gasteiger partial charge in [-0.25, -0.2) is 4.79 Å². The summed E-state index contributed by atoms with van der Waals surface area (Å²) < 4.78 is 5.01. The highest BCUT2D eigenvalue weighted by molar-refractivity contribution is 6.01. The molecule has 1 aliphatic carbocycles. The fourth-order valence-corrected chi connectivity index (χ4v) is 2.33. The standard InChI is InChI=1S/C14H12O2/c15-14-13(8-9-16-14)12-7-3-5-10-4-1-2-6-11(10)12/h1-6H,7-9H2/b13-12+. The summed E-state index contributed by atoms with van der Waals surface area (Å²) in [6, 6.07) is 8.18. The summed E-state index contributed by atoms with van der Waals surface area (Å²) in [6.45, 7) is 0.531. The van der Waals surface area contributed by atoms with Gasteiger partial charge < -0.3 is 4.74 Å². The lowest BCUT2D eigenvalue weighted by molar-refractivity contribution is -0.135. The van der Waals surface area contributed by atoms with E-state index in [2.05, 4.69) is 24.3 Å². The van der Waals surface area contributed by atoms with Crippen LogP contribution in [0.25, 0.3) is 11.6 Å². The van der Waals surface area contributed by atoms with E-state index in [0.29, 0.717) is 6.61 Å². The highest BCUT2D eigenvalue weighted by atomic mass is 16.5. The van der Waals surface area contributed by atoms with E-state index in [0.717, 1.165) is 24.0 Å². The Morgan fingerprint density at radius 3 is 2.81 bits per heavy atom. The summed E-state index contributed by atoms with van der Waals surface area (Å²) in [6.07, 6.45) is 5.80. The van der Waals surface area contributed by atoms with Gasteiger partial charge in [-0.3, -0.25) is 0 Å². The van der Waals surface area contributed by atoms with Crippen LogP contribution >= 0.6 is 0 Å². The molecule has 3 rings (SSSR count). The van der Waals surface area contributed by atoms with Gasteiger partial charge in [-0.2, -0.15) is 0 Å². The molecule has 1 heterocycles. The van der Waals surface area contributed by atoms with E-state index >= 15 is 0 Å². The third-order valence-corrected chi connectivity index (χ3v) is 3.10. The average Bonchev–Trinajstić information content (AvgIpc) is 2.75. The molecule has 80 valence electrons. The monoisotopic (exact) mass is 212 g/mol. The first-order valence-corrected chi connectivity index (χ1v) is 5.51. The zero-order chi connectivity index (χ0) is 11.0. The van der Waals surface area contributed by atoms with E-state index < -0.39 is 0 Å². The Kier molecular flexibility index (Phi) is 2.13. The molecule has 0 radical (unpaired) electrons. The lowest BCUT2D eigenvalue weighted by Gasteiger charge is -2.15. The van der Waals surface area contributed by atoms with Gasteiger partial charge in [0.05, 0.1) is 6.61 Å². The van der Waals surface area contributed by atoms with Crippen molar-refractivity contribution in [1.82, 2.24) is 0 Å². The van der Waals surface area contributed by atoms with Gasteiger partial charge in [0, 0.05) is 12.0 Å². The van der Waals surface area contributed by atoms with Crippen LogP contribution in [0, 0.1) is 0 Å². The normalized spacial score (nSPS) is 23.1. The zero-order valence-corrected chi connectivity index (χ0v) is 8.90. The van der Waals surface area contributed by atoms with Crippen LogP contribution in [0.3, 0.4) is 0 Å². The fourth-order valence-electron chi connectivity index (χ4n) is 2.33. The Bertz CT molecular complexity index is 509. The van der Waals surface area contributed by atoms with Crippen molar-refractivity contribution in [1.29, 1.82) is 0 Å². The third-order valence-electron chi connectivity index (χ3n) is 3.10. The molecule has 0 aromatic heterocycles. The molecule has 2 nitrogen and oxygen atoms in total. The molecular weight excluding hydrogens is 200 g/mol. The second-order valence-electron chi connectivity index (χ2n) is 4.04. The van der Waals surface area contributed by atoms with Crippen molar-refractivity contribution >= 4 is 17.6 Å². The van der Waals surface area contributed by atoms with Gasteiger partial charge in [0.2, 0.25) is 0 Å². The minimum atomic E-state index is -0.139. The molecule has 0 amide bonds. The summed E-state index contributed by atoms with van der Waals surface area (Å²) in [5.41, 5.74) is 4.37. The molecule has 0 saturated carbocycles. The lowest BCUT2D eigenvalue weighted by Crippen LogP contribution is -2.02. The molecule has 1 aromatic rings. The summed E-state index contributed by atoms with van der Waals surface area (Å²) in [5, 5.41) is 0. The molecule has 1 saturated heterocycles. The molecule has 1 fully saturated rings. The van der Waals surface area contributed by atoms with Crippen LogP contribution in [0.15, 0.2) is 35.9 Å². The van der Waals surface area contributed by atoms with E-state index in [4.69, 9.17) is 4.74 Å². The van der Waals surface area contributed by atoms with Crippen molar-refractivity contribution < 1.29 is 9.53 Å². The van der Waals surface area contributed by atoms with Crippen molar-refractivity contribution in [2.45, 2.75) is 12.8 Å². The second-order valence-corrected chi connectivity index (χ2v) is 4.04. The SMILES string of the molecule is O=C1OCC/C1=C1/CC=Cc2ccccc21. The molecule has 2 heteroatoms. The number of carbonyl (C=O) groups excluding carboxylic acids is 1. The Labute approximate surface area is 94.2 Å². The highest BCUT2D eigenvalue weighted by Gasteiger charge is 2.24. The predicted octanol–water partition coefficient (Wildman–Crippen LogP) is 2.80. The number of rotatable bonds is 0. The Balaban J connectivity index is 2.18. The van der Waals surface area contributed by atoms with Crippen LogP contribution in [-0.4, -0.2) is 12.6 Å². The first-order valence-electron chi connectivity index (χ1n) is 5.51. The quantitative estimate of drug-likeness (QED) is 0.488. The van der Waals surface area contributed by atoms with Gasteiger partial charge in [0.1, 0.15) is 0 Å². The number of hydrogen-bond acceptors (Lipinski definition) is 2. The van der Waals surface area contributed by atoms with Gasteiger partial charge in [-0.05, 0) is 23.1 Å². The van der Waals surface area contributed by atoms with E-state index in [1.165, 1.54) is 11.1 Å². The number of fused-ring (bicyclic) bond motifs is 1. The van der Waals surface area contributed by atoms with Crippen LogP contribution in [0.2, 0.25) is 0 Å². The molecular formula is C14H12O2.